The summed E-state index contributed by atoms with van der Waals surface area (Å²) in [6, 6.07) is 12.9. The summed E-state index contributed by atoms with van der Waals surface area (Å²) in [5, 5.41) is 12.4. The van der Waals surface area contributed by atoms with E-state index in [1.165, 1.54) is 18.9 Å². The minimum atomic E-state index is -0.289. The molecule has 9 heteroatoms. The van der Waals surface area contributed by atoms with Gasteiger partial charge >= 0.3 is 0 Å². The van der Waals surface area contributed by atoms with Crippen LogP contribution in [0.3, 0.4) is 0 Å². The quantitative estimate of drug-likeness (QED) is 0.507. The Morgan fingerprint density at radius 2 is 2.07 bits per heavy atom. The summed E-state index contributed by atoms with van der Waals surface area (Å²) < 4.78 is 13.1. The van der Waals surface area contributed by atoms with Crippen LogP contribution in [0.1, 0.15) is 24.4 Å². The molecule has 1 amide bonds. The topological polar surface area (TPSA) is 78.3 Å². The highest BCUT2D eigenvalue weighted by atomic mass is 35.5. The van der Waals surface area contributed by atoms with E-state index in [9.17, 15) is 4.79 Å². The molecule has 1 N–H and O–H groups in total. The first-order chi connectivity index (χ1) is 14.4. The van der Waals surface area contributed by atoms with Crippen LogP contribution >= 0.6 is 23.4 Å². The van der Waals surface area contributed by atoms with Gasteiger partial charge in [-0.05, 0) is 49.7 Å². The monoisotopic (exact) mass is 446 g/mol. The Morgan fingerprint density at radius 3 is 2.80 bits per heavy atom. The van der Waals surface area contributed by atoms with Crippen molar-refractivity contribution in [1.29, 1.82) is 0 Å². The van der Waals surface area contributed by atoms with Crippen LogP contribution in [-0.2, 0) is 11.8 Å². The molecular weight excluding hydrogens is 424 g/mol. The molecule has 1 aromatic heterocycles. The first kappa shape index (κ1) is 22.0. The van der Waals surface area contributed by atoms with Crippen LogP contribution in [-0.4, -0.2) is 33.5 Å². The van der Waals surface area contributed by atoms with Crippen molar-refractivity contribution < 1.29 is 14.3 Å². The van der Waals surface area contributed by atoms with E-state index < -0.39 is 0 Å². The van der Waals surface area contributed by atoms with E-state index in [0.29, 0.717) is 27.4 Å². The number of methoxy groups -OCH3 is 1. The lowest BCUT2D eigenvalue weighted by molar-refractivity contribution is -0.113. The minimum absolute atomic E-state index is 0.161. The second kappa shape index (κ2) is 9.86. The highest BCUT2D eigenvalue weighted by Crippen LogP contribution is 2.28. The van der Waals surface area contributed by atoms with Gasteiger partial charge in [-0.2, -0.15) is 0 Å². The molecule has 3 aromatic rings. The van der Waals surface area contributed by atoms with Crippen molar-refractivity contribution in [1.82, 2.24) is 14.8 Å². The lowest BCUT2D eigenvalue weighted by Gasteiger charge is -2.14. The average molecular weight is 447 g/mol. The second-order valence-electron chi connectivity index (χ2n) is 6.66. The van der Waals surface area contributed by atoms with Crippen LogP contribution in [0.4, 0.5) is 5.69 Å². The van der Waals surface area contributed by atoms with Crippen LogP contribution in [0.2, 0.25) is 5.02 Å². The molecule has 3 rings (SSSR count). The number of carbonyl (C=O) groups excluding carboxylic acids is 1. The third-order valence-electron chi connectivity index (χ3n) is 4.30. The maximum atomic E-state index is 12.4. The fourth-order valence-corrected chi connectivity index (χ4v) is 3.74. The lowest BCUT2D eigenvalue weighted by atomic mass is 10.2. The Hall–Kier alpha value is -2.71. The Balaban J connectivity index is 1.61. The summed E-state index contributed by atoms with van der Waals surface area (Å²) in [6.07, 6.45) is -0.289. The molecule has 0 aliphatic heterocycles. The molecule has 30 heavy (non-hydrogen) atoms. The van der Waals surface area contributed by atoms with Gasteiger partial charge in [-0.3, -0.25) is 4.79 Å². The molecule has 7 nitrogen and oxygen atoms in total. The van der Waals surface area contributed by atoms with Crippen molar-refractivity contribution in [2.24, 2.45) is 7.05 Å². The van der Waals surface area contributed by atoms with Gasteiger partial charge in [-0.25, -0.2) is 0 Å². The first-order valence-corrected chi connectivity index (χ1v) is 10.6. The number of thioether (sulfide) groups is 1. The van der Waals surface area contributed by atoms with E-state index in [2.05, 4.69) is 15.5 Å². The molecule has 0 spiro atoms. The number of aryl methyl sites for hydroxylation is 1. The van der Waals surface area contributed by atoms with Crippen molar-refractivity contribution in [3.63, 3.8) is 0 Å². The van der Waals surface area contributed by atoms with Crippen LogP contribution < -0.4 is 14.8 Å². The highest BCUT2D eigenvalue weighted by molar-refractivity contribution is 7.99. The maximum Gasteiger partial charge on any atom is 0.234 e. The molecule has 158 valence electrons. The molecule has 1 heterocycles. The molecule has 0 bridgehead atoms. The molecule has 0 radical (unpaired) electrons. The van der Waals surface area contributed by atoms with Gasteiger partial charge in [-0.15, -0.1) is 10.2 Å². The number of ether oxygens (including phenoxy) is 2. The number of nitrogens with zero attached hydrogens (tertiary/aromatic N) is 3. The summed E-state index contributed by atoms with van der Waals surface area (Å²) in [7, 11) is 3.39. The number of benzene rings is 2. The van der Waals surface area contributed by atoms with Gasteiger partial charge in [0.1, 0.15) is 11.5 Å². The third kappa shape index (κ3) is 5.46. The molecule has 0 aliphatic carbocycles. The molecule has 1 unspecified atom stereocenters. The molecule has 1 atom stereocenters. The minimum Gasteiger partial charge on any atom is -0.495 e. The number of nitrogens with one attached hydrogen (secondary N) is 1. The summed E-state index contributed by atoms with van der Waals surface area (Å²) in [6.45, 7) is 3.93. The van der Waals surface area contributed by atoms with Crippen molar-refractivity contribution in [3.8, 4) is 11.5 Å². The zero-order chi connectivity index (χ0) is 21.7. The first-order valence-electron chi connectivity index (χ1n) is 9.26. The predicted molar refractivity (Wildman–Crippen MR) is 119 cm³/mol. The van der Waals surface area contributed by atoms with E-state index in [-0.39, 0.29) is 17.8 Å². The molecular formula is C21H23ClN4O3S. The van der Waals surface area contributed by atoms with E-state index in [1.807, 2.05) is 49.7 Å². The zero-order valence-electron chi connectivity index (χ0n) is 17.2. The van der Waals surface area contributed by atoms with Gasteiger partial charge in [0, 0.05) is 12.1 Å². The second-order valence-corrected chi connectivity index (χ2v) is 8.04. The van der Waals surface area contributed by atoms with Crippen LogP contribution in [0, 0.1) is 6.92 Å². The smallest absolute Gasteiger partial charge is 0.234 e. The van der Waals surface area contributed by atoms with Gasteiger partial charge in [0.05, 0.1) is 18.6 Å². The van der Waals surface area contributed by atoms with Gasteiger partial charge < -0.3 is 19.4 Å². The SMILES string of the molecule is COc1ccc(Cl)cc1NC(=O)CSc1nnc(C(C)Oc2cccc(C)c2)n1C. The van der Waals surface area contributed by atoms with Gasteiger partial charge in [0.15, 0.2) is 17.1 Å². The summed E-state index contributed by atoms with van der Waals surface area (Å²) in [5.41, 5.74) is 1.64. The van der Waals surface area contributed by atoms with Gasteiger partial charge in [-0.1, -0.05) is 35.5 Å². The average Bonchev–Trinajstić information content (AvgIpc) is 3.07. The third-order valence-corrected chi connectivity index (χ3v) is 5.56. The molecule has 2 aromatic carbocycles. The van der Waals surface area contributed by atoms with E-state index in [1.54, 1.807) is 18.2 Å². The number of aromatic nitrogens is 3. The highest BCUT2D eigenvalue weighted by Gasteiger charge is 2.18. The van der Waals surface area contributed by atoms with E-state index in [4.69, 9.17) is 21.1 Å². The fraction of sp³-hybridized carbons (Fsp3) is 0.286. The number of rotatable bonds is 8. The van der Waals surface area contributed by atoms with Gasteiger partial charge in [0.2, 0.25) is 5.91 Å². The normalized spacial score (nSPS) is 11.8. The molecule has 0 saturated carbocycles. The number of hydrogen-bond acceptors (Lipinski definition) is 6. The van der Waals surface area contributed by atoms with Gasteiger partial charge in [0.25, 0.3) is 0 Å². The van der Waals surface area contributed by atoms with Crippen molar-refractivity contribution in [3.05, 3.63) is 58.9 Å². The maximum absolute atomic E-state index is 12.4. The standard InChI is InChI=1S/C21H23ClN4O3S/c1-13-6-5-7-16(10-13)29-14(2)20-24-25-21(26(20)3)30-12-19(27)23-17-11-15(22)8-9-18(17)28-4/h5-11,14H,12H2,1-4H3,(H,23,27). The fourth-order valence-electron chi connectivity index (χ4n) is 2.85. The van der Waals surface area contributed by atoms with Crippen molar-refractivity contribution in [2.45, 2.75) is 25.1 Å². The van der Waals surface area contributed by atoms with E-state index in [0.717, 1.165) is 11.3 Å². The van der Waals surface area contributed by atoms with Crippen LogP contribution in [0.15, 0.2) is 47.6 Å². The summed E-state index contributed by atoms with van der Waals surface area (Å²) in [4.78, 5) is 12.4. The van der Waals surface area contributed by atoms with Crippen molar-refractivity contribution in [2.75, 3.05) is 18.2 Å². The molecule has 0 aliphatic rings. The lowest BCUT2D eigenvalue weighted by Crippen LogP contribution is -2.15. The molecule has 0 fully saturated rings. The molecule has 0 saturated heterocycles. The number of anilines is 1. The van der Waals surface area contributed by atoms with E-state index >= 15 is 0 Å². The Bertz CT molecular complexity index is 1040. The van der Waals surface area contributed by atoms with Crippen LogP contribution in [0.5, 0.6) is 11.5 Å². The Labute approximate surface area is 184 Å². The predicted octanol–water partition coefficient (Wildman–Crippen LogP) is 4.66. The Kier molecular flexibility index (Phi) is 7.23. The summed E-state index contributed by atoms with van der Waals surface area (Å²) >= 11 is 7.29. The summed E-state index contributed by atoms with van der Waals surface area (Å²) in [5.74, 6) is 1.95. The van der Waals surface area contributed by atoms with Crippen LogP contribution in [0.25, 0.3) is 0 Å². The number of hydrogen-bond donors (Lipinski definition) is 1. The Morgan fingerprint density at radius 1 is 1.27 bits per heavy atom. The number of halogens is 1. The number of amides is 1. The van der Waals surface area contributed by atoms with Crippen molar-refractivity contribution >= 4 is 35.0 Å². The number of carbonyl (C=O) groups is 1. The zero-order valence-corrected chi connectivity index (χ0v) is 18.8. The largest absolute Gasteiger partial charge is 0.495 e.